The number of ether oxygens (including phenoxy) is 1. The van der Waals surface area contributed by atoms with Crippen LogP contribution in [0.25, 0.3) is 28.6 Å². The lowest BCUT2D eigenvalue weighted by Crippen LogP contribution is -2.26. The summed E-state index contributed by atoms with van der Waals surface area (Å²) in [5.41, 5.74) is 2.56. The van der Waals surface area contributed by atoms with Gasteiger partial charge in [0.15, 0.2) is 5.15 Å². The Morgan fingerprint density at radius 2 is 2.14 bits per heavy atom. The number of aromatic nitrogens is 4. The van der Waals surface area contributed by atoms with Gasteiger partial charge >= 0.3 is 0 Å². The maximum atomic E-state index is 12.3. The maximum Gasteiger partial charge on any atom is 0.258 e. The summed E-state index contributed by atoms with van der Waals surface area (Å²) in [6.45, 7) is 0.620. The fourth-order valence-electron chi connectivity index (χ4n) is 3.34. The Morgan fingerprint density at radius 1 is 1.21 bits per heavy atom. The van der Waals surface area contributed by atoms with E-state index in [9.17, 15) is 4.79 Å². The van der Waals surface area contributed by atoms with Crippen LogP contribution in [0.4, 0.5) is 5.69 Å². The van der Waals surface area contributed by atoms with Crippen LogP contribution < -0.4 is 5.32 Å². The van der Waals surface area contributed by atoms with Crippen LogP contribution in [0, 0.1) is 0 Å². The van der Waals surface area contributed by atoms with Crippen molar-refractivity contribution in [3.05, 3.63) is 53.8 Å². The van der Waals surface area contributed by atoms with Crippen molar-refractivity contribution in [1.29, 1.82) is 0 Å². The number of nitrogens with one attached hydrogen (secondary N) is 1. The minimum atomic E-state index is -0.397. The zero-order valence-corrected chi connectivity index (χ0v) is 16.0. The van der Waals surface area contributed by atoms with E-state index >= 15 is 0 Å². The Hall–Kier alpha value is -3.23. The number of halogens is 1. The number of carbonyl (C=O) groups is 1. The van der Waals surface area contributed by atoms with E-state index in [2.05, 4.69) is 20.4 Å². The van der Waals surface area contributed by atoms with Crippen LogP contribution in [0.5, 0.6) is 0 Å². The minimum absolute atomic E-state index is 0.150. The number of benzene rings is 1. The van der Waals surface area contributed by atoms with E-state index in [1.54, 1.807) is 16.5 Å². The third kappa shape index (κ3) is 3.37. The second kappa shape index (κ2) is 7.31. The van der Waals surface area contributed by atoms with Crippen LogP contribution in [-0.4, -0.2) is 38.1 Å². The summed E-state index contributed by atoms with van der Waals surface area (Å²) < 4.78 is 12.7. The SMILES string of the molecule is O=C(Nc1cccc(-c2nc(-c3c(Cl)nc4ccccn34)no2)c1)C1CCCO1. The number of imidazole rings is 1. The van der Waals surface area contributed by atoms with Crippen LogP contribution in [0.15, 0.2) is 53.2 Å². The molecule has 146 valence electrons. The molecule has 0 spiro atoms. The smallest absolute Gasteiger partial charge is 0.258 e. The summed E-state index contributed by atoms with van der Waals surface area (Å²) in [6, 6.07) is 12.8. The average molecular weight is 410 g/mol. The fourth-order valence-corrected chi connectivity index (χ4v) is 3.60. The van der Waals surface area contributed by atoms with Gasteiger partial charge in [-0.25, -0.2) is 4.98 Å². The summed E-state index contributed by atoms with van der Waals surface area (Å²) in [4.78, 5) is 21.0. The Morgan fingerprint density at radius 3 is 3.00 bits per heavy atom. The predicted molar refractivity (Wildman–Crippen MR) is 107 cm³/mol. The molecule has 8 nitrogen and oxygen atoms in total. The van der Waals surface area contributed by atoms with E-state index in [1.165, 1.54) is 0 Å². The van der Waals surface area contributed by atoms with Crippen LogP contribution in [0.3, 0.4) is 0 Å². The monoisotopic (exact) mass is 409 g/mol. The molecule has 0 saturated carbocycles. The van der Waals surface area contributed by atoms with Gasteiger partial charge < -0.3 is 14.6 Å². The Kier molecular flexibility index (Phi) is 4.49. The van der Waals surface area contributed by atoms with Gasteiger partial charge in [-0.2, -0.15) is 4.98 Å². The number of pyridine rings is 1. The van der Waals surface area contributed by atoms with Gasteiger partial charge in [-0.3, -0.25) is 9.20 Å². The first kappa shape index (κ1) is 17.8. The second-order valence-electron chi connectivity index (χ2n) is 6.67. The molecule has 1 atom stereocenters. The molecule has 1 aliphatic heterocycles. The zero-order chi connectivity index (χ0) is 19.8. The lowest BCUT2D eigenvalue weighted by molar-refractivity contribution is -0.124. The number of nitrogens with zero attached hydrogens (tertiary/aromatic N) is 4. The number of fused-ring (bicyclic) bond motifs is 1. The molecular weight excluding hydrogens is 394 g/mol. The summed E-state index contributed by atoms with van der Waals surface area (Å²) in [5.74, 6) is 0.496. The van der Waals surface area contributed by atoms with Crippen molar-refractivity contribution >= 4 is 28.8 Å². The fraction of sp³-hybridized carbons (Fsp3) is 0.200. The normalized spacial score (nSPS) is 16.4. The van der Waals surface area contributed by atoms with Crippen molar-refractivity contribution in [2.24, 2.45) is 0 Å². The van der Waals surface area contributed by atoms with Crippen LogP contribution in [-0.2, 0) is 9.53 Å². The van der Waals surface area contributed by atoms with Gasteiger partial charge in [-0.1, -0.05) is 28.9 Å². The lowest BCUT2D eigenvalue weighted by atomic mass is 10.2. The Labute approximate surface area is 170 Å². The van der Waals surface area contributed by atoms with Gasteiger partial charge in [0.05, 0.1) is 0 Å². The topological polar surface area (TPSA) is 94.6 Å². The first-order chi connectivity index (χ1) is 14.2. The first-order valence-corrected chi connectivity index (χ1v) is 9.56. The summed E-state index contributed by atoms with van der Waals surface area (Å²) in [7, 11) is 0. The van der Waals surface area contributed by atoms with Crippen molar-refractivity contribution in [1.82, 2.24) is 19.5 Å². The van der Waals surface area contributed by atoms with Crippen molar-refractivity contribution < 1.29 is 14.1 Å². The van der Waals surface area contributed by atoms with Crippen LogP contribution >= 0.6 is 11.6 Å². The highest BCUT2D eigenvalue weighted by Gasteiger charge is 2.24. The average Bonchev–Trinajstić information content (AvgIpc) is 3.47. The van der Waals surface area contributed by atoms with Gasteiger partial charge in [0.1, 0.15) is 17.4 Å². The van der Waals surface area contributed by atoms with Crippen LogP contribution in [0.2, 0.25) is 5.15 Å². The van der Waals surface area contributed by atoms with Gasteiger partial charge in [0.25, 0.3) is 11.8 Å². The number of hydrogen-bond donors (Lipinski definition) is 1. The number of rotatable bonds is 4. The third-order valence-corrected chi connectivity index (χ3v) is 4.99. The molecule has 0 radical (unpaired) electrons. The molecule has 4 aromatic rings. The zero-order valence-electron chi connectivity index (χ0n) is 15.2. The highest BCUT2D eigenvalue weighted by Crippen LogP contribution is 2.29. The highest BCUT2D eigenvalue weighted by atomic mass is 35.5. The third-order valence-electron chi connectivity index (χ3n) is 4.72. The molecule has 1 unspecified atom stereocenters. The molecule has 1 amide bonds. The van der Waals surface area contributed by atoms with E-state index in [-0.39, 0.29) is 5.91 Å². The summed E-state index contributed by atoms with van der Waals surface area (Å²) >= 11 is 6.29. The quantitative estimate of drug-likeness (QED) is 0.550. The Balaban J connectivity index is 1.43. The van der Waals surface area contributed by atoms with Crippen LogP contribution in [0.1, 0.15) is 12.8 Å². The maximum absolute atomic E-state index is 12.3. The van der Waals surface area contributed by atoms with E-state index in [4.69, 9.17) is 20.9 Å². The molecule has 9 heteroatoms. The van der Waals surface area contributed by atoms with E-state index in [1.807, 2.05) is 36.5 Å². The molecule has 1 aromatic carbocycles. The molecule has 1 saturated heterocycles. The molecule has 5 rings (SSSR count). The predicted octanol–water partition coefficient (Wildman–Crippen LogP) is 3.82. The molecule has 29 heavy (non-hydrogen) atoms. The highest BCUT2D eigenvalue weighted by molar-refractivity contribution is 6.32. The largest absolute Gasteiger partial charge is 0.368 e. The molecule has 3 aromatic heterocycles. The number of anilines is 1. The van der Waals surface area contributed by atoms with Crippen molar-refractivity contribution in [3.8, 4) is 23.0 Å². The van der Waals surface area contributed by atoms with E-state index in [0.29, 0.717) is 46.1 Å². The molecule has 1 fully saturated rings. The van der Waals surface area contributed by atoms with Crippen molar-refractivity contribution in [2.75, 3.05) is 11.9 Å². The first-order valence-electron chi connectivity index (χ1n) is 9.18. The number of carbonyl (C=O) groups excluding carboxylic acids is 1. The molecular formula is C20H16ClN5O3. The van der Waals surface area contributed by atoms with Gasteiger partial charge in [0.2, 0.25) is 5.82 Å². The number of amides is 1. The lowest BCUT2D eigenvalue weighted by Gasteiger charge is -2.10. The summed E-state index contributed by atoms with van der Waals surface area (Å²) in [6.07, 6.45) is 3.07. The number of hydrogen-bond acceptors (Lipinski definition) is 6. The summed E-state index contributed by atoms with van der Waals surface area (Å²) in [5, 5.41) is 7.23. The van der Waals surface area contributed by atoms with Gasteiger partial charge in [-0.15, -0.1) is 0 Å². The Bertz CT molecular complexity index is 1200. The van der Waals surface area contributed by atoms with Gasteiger partial charge in [-0.05, 0) is 43.2 Å². The molecule has 1 N–H and O–H groups in total. The van der Waals surface area contributed by atoms with Crippen molar-refractivity contribution in [2.45, 2.75) is 18.9 Å². The molecule has 4 heterocycles. The second-order valence-corrected chi connectivity index (χ2v) is 7.03. The molecule has 0 aliphatic carbocycles. The molecule has 1 aliphatic rings. The van der Waals surface area contributed by atoms with Crippen molar-refractivity contribution in [3.63, 3.8) is 0 Å². The minimum Gasteiger partial charge on any atom is -0.368 e. The van der Waals surface area contributed by atoms with E-state index in [0.717, 1.165) is 12.8 Å². The van der Waals surface area contributed by atoms with Gasteiger partial charge in [0, 0.05) is 24.1 Å². The standard InChI is InChI=1S/C20H16ClN5O3/c21-17-16(26-9-2-1-8-15(26)23-17)18-24-20(29-25-18)12-5-3-6-13(11-12)22-19(27)14-7-4-10-28-14/h1-3,5-6,8-9,11,14H,4,7,10H2,(H,22,27). The van der Waals surface area contributed by atoms with E-state index < -0.39 is 6.10 Å². The molecule has 0 bridgehead atoms.